The first-order chi connectivity index (χ1) is 10.3. The molecule has 1 amide bonds. The molecule has 2 heterocycles. The van der Waals surface area contributed by atoms with E-state index in [0.29, 0.717) is 18.7 Å². The number of carbonyl (C=O) groups excluding carboxylic acids is 2. The minimum absolute atomic E-state index is 0.0200. The molecular weight excluding hydrogens is 280 g/mol. The van der Waals surface area contributed by atoms with E-state index in [1.165, 1.54) is 7.11 Å². The number of hydrogen-bond donors (Lipinski definition) is 0. The fourth-order valence-electron chi connectivity index (χ4n) is 4.41. The van der Waals surface area contributed by atoms with Crippen molar-refractivity contribution in [2.75, 3.05) is 20.2 Å². The number of aromatic nitrogens is 1. The Labute approximate surface area is 130 Å². The zero-order valence-electron chi connectivity index (χ0n) is 13.5. The Morgan fingerprint density at radius 1 is 1.41 bits per heavy atom. The largest absolute Gasteiger partial charge is 0.469 e. The fraction of sp³-hybridized carbons (Fsp3) is 0.588. The SMILES string of the molecule is COC(=O)[C@@]12CN(C(=O)c3ccncc3C)C[C@@H]1C(C)(C)C2. The van der Waals surface area contributed by atoms with Crippen molar-refractivity contribution in [2.45, 2.75) is 27.2 Å². The zero-order chi connectivity index (χ0) is 16.1. The van der Waals surface area contributed by atoms with E-state index in [-0.39, 0.29) is 23.2 Å². The van der Waals surface area contributed by atoms with Crippen molar-refractivity contribution in [2.24, 2.45) is 16.7 Å². The summed E-state index contributed by atoms with van der Waals surface area (Å²) in [7, 11) is 1.43. The lowest BCUT2D eigenvalue weighted by Gasteiger charge is -2.54. The number of fused-ring (bicyclic) bond motifs is 1. The molecule has 0 spiro atoms. The van der Waals surface area contributed by atoms with E-state index in [1.54, 1.807) is 23.4 Å². The minimum Gasteiger partial charge on any atom is -0.469 e. The van der Waals surface area contributed by atoms with Crippen LogP contribution in [0.25, 0.3) is 0 Å². The maximum Gasteiger partial charge on any atom is 0.314 e. The number of carbonyl (C=O) groups is 2. The summed E-state index contributed by atoms with van der Waals surface area (Å²) in [5, 5.41) is 0. The Hall–Kier alpha value is -1.91. The van der Waals surface area contributed by atoms with Gasteiger partial charge in [0.2, 0.25) is 0 Å². The molecule has 1 aliphatic heterocycles. The van der Waals surface area contributed by atoms with Crippen LogP contribution in [-0.4, -0.2) is 42.0 Å². The monoisotopic (exact) mass is 302 g/mol. The van der Waals surface area contributed by atoms with E-state index < -0.39 is 5.41 Å². The van der Waals surface area contributed by atoms with E-state index in [4.69, 9.17) is 4.74 Å². The van der Waals surface area contributed by atoms with Gasteiger partial charge >= 0.3 is 5.97 Å². The van der Waals surface area contributed by atoms with Crippen LogP contribution in [-0.2, 0) is 9.53 Å². The van der Waals surface area contributed by atoms with Crippen molar-refractivity contribution in [3.8, 4) is 0 Å². The molecule has 3 rings (SSSR count). The zero-order valence-corrected chi connectivity index (χ0v) is 13.5. The van der Waals surface area contributed by atoms with Crippen molar-refractivity contribution in [1.29, 1.82) is 0 Å². The van der Waals surface area contributed by atoms with E-state index >= 15 is 0 Å². The molecule has 1 aromatic rings. The van der Waals surface area contributed by atoms with Crippen molar-refractivity contribution in [3.05, 3.63) is 29.6 Å². The fourth-order valence-corrected chi connectivity index (χ4v) is 4.41. The average Bonchev–Trinajstić information content (AvgIpc) is 2.82. The van der Waals surface area contributed by atoms with Gasteiger partial charge in [-0.15, -0.1) is 0 Å². The molecule has 1 aliphatic carbocycles. The van der Waals surface area contributed by atoms with Crippen molar-refractivity contribution in [3.63, 3.8) is 0 Å². The quantitative estimate of drug-likeness (QED) is 0.785. The maximum absolute atomic E-state index is 12.8. The van der Waals surface area contributed by atoms with Crippen LogP contribution in [0.5, 0.6) is 0 Å². The molecule has 2 aliphatic rings. The standard InChI is InChI=1S/C17H22N2O3/c1-11-7-18-6-5-12(11)14(20)19-8-13-16(2,3)9-17(13,10-19)15(21)22-4/h5-7,13H,8-10H2,1-4H3/t13-,17+/m1/s1. The van der Waals surface area contributed by atoms with Crippen molar-refractivity contribution >= 4 is 11.9 Å². The Bertz CT molecular complexity index is 641. The summed E-state index contributed by atoms with van der Waals surface area (Å²) >= 11 is 0. The Morgan fingerprint density at radius 3 is 2.73 bits per heavy atom. The third kappa shape index (κ3) is 1.95. The van der Waals surface area contributed by atoms with Gasteiger partial charge < -0.3 is 9.64 Å². The van der Waals surface area contributed by atoms with Crippen molar-refractivity contribution < 1.29 is 14.3 Å². The summed E-state index contributed by atoms with van der Waals surface area (Å²) in [6.45, 7) is 7.26. The molecule has 1 aromatic heterocycles. The van der Waals surface area contributed by atoms with Crippen LogP contribution in [0, 0.1) is 23.7 Å². The molecule has 1 saturated carbocycles. The molecule has 2 fully saturated rings. The third-order valence-corrected chi connectivity index (χ3v) is 5.39. The summed E-state index contributed by atoms with van der Waals surface area (Å²) in [5.41, 5.74) is 1.07. The first kappa shape index (κ1) is 15.0. The van der Waals surface area contributed by atoms with Gasteiger partial charge in [-0.2, -0.15) is 0 Å². The van der Waals surface area contributed by atoms with Crippen LogP contribution in [0.4, 0.5) is 0 Å². The molecule has 0 N–H and O–H groups in total. The molecule has 0 radical (unpaired) electrons. The van der Waals surface area contributed by atoms with Crippen LogP contribution in [0.3, 0.4) is 0 Å². The lowest BCUT2D eigenvalue weighted by Crippen LogP contribution is -2.57. The second-order valence-electron chi connectivity index (χ2n) is 7.24. The Kier molecular flexibility index (Phi) is 3.27. The number of rotatable bonds is 2. The van der Waals surface area contributed by atoms with Gasteiger partial charge in [0, 0.05) is 31.0 Å². The lowest BCUT2D eigenvalue weighted by molar-refractivity contribution is -0.174. The van der Waals surface area contributed by atoms with Gasteiger partial charge in [0.25, 0.3) is 5.91 Å². The van der Waals surface area contributed by atoms with Gasteiger partial charge in [0.1, 0.15) is 0 Å². The predicted molar refractivity (Wildman–Crippen MR) is 81.2 cm³/mol. The number of nitrogens with zero attached hydrogens (tertiary/aromatic N) is 2. The Balaban J connectivity index is 1.88. The summed E-state index contributed by atoms with van der Waals surface area (Å²) in [5.74, 6) is -0.0366. The van der Waals surface area contributed by atoms with Crippen LogP contribution in [0.1, 0.15) is 36.2 Å². The van der Waals surface area contributed by atoms with Gasteiger partial charge in [-0.05, 0) is 36.3 Å². The molecule has 0 unspecified atom stereocenters. The topological polar surface area (TPSA) is 59.5 Å². The smallest absolute Gasteiger partial charge is 0.314 e. The molecule has 1 saturated heterocycles. The van der Waals surface area contributed by atoms with Crippen LogP contribution < -0.4 is 0 Å². The van der Waals surface area contributed by atoms with Crippen LogP contribution in [0.2, 0.25) is 0 Å². The highest BCUT2D eigenvalue weighted by Gasteiger charge is 2.68. The second-order valence-corrected chi connectivity index (χ2v) is 7.24. The number of amides is 1. The van der Waals surface area contributed by atoms with Gasteiger partial charge in [-0.3, -0.25) is 14.6 Å². The van der Waals surface area contributed by atoms with E-state index in [1.807, 2.05) is 6.92 Å². The van der Waals surface area contributed by atoms with E-state index in [2.05, 4.69) is 18.8 Å². The predicted octanol–water partition coefficient (Wildman–Crippen LogP) is 2.05. The number of pyridine rings is 1. The highest BCUT2D eigenvalue weighted by molar-refractivity contribution is 5.96. The molecule has 0 bridgehead atoms. The number of likely N-dealkylation sites (tertiary alicyclic amines) is 1. The molecular formula is C17H22N2O3. The molecule has 118 valence electrons. The highest BCUT2D eigenvalue weighted by Crippen LogP contribution is 2.63. The van der Waals surface area contributed by atoms with Crippen LogP contribution in [0.15, 0.2) is 18.5 Å². The number of esters is 1. The van der Waals surface area contributed by atoms with Crippen LogP contribution >= 0.6 is 0 Å². The molecule has 22 heavy (non-hydrogen) atoms. The second kappa shape index (κ2) is 4.80. The first-order valence-electron chi connectivity index (χ1n) is 7.60. The third-order valence-electron chi connectivity index (χ3n) is 5.39. The van der Waals surface area contributed by atoms with E-state index in [9.17, 15) is 9.59 Å². The van der Waals surface area contributed by atoms with Gasteiger partial charge in [-0.1, -0.05) is 13.8 Å². The number of ether oxygens (including phenoxy) is 1. The summed E-state index contributed by atoms with van der Waals surface area (Å²) in [6.07, 6.45) is 4.10. The number of methoxy groups -OCH3 is 1. The minimum atomic E-state index is -0.519. The van der Waals surface area contributed by atoms with Crippen molar-refractivity contribution in [1.82, 2.24) is 9.88 Å². The molecule has 0 aromatic carbocycles. The summed E-state index contributed by atoms with van der Waals surface area (Å²) in [4.78, 5) is 30.9. The Morgan fingerprint density at radius 2 is 2.14 bits per heavy atom. The average molecular weight is 302 g/mol. The van der Waals surface area contributed by atoms with Gasteiger partial charge in [0.05, 0.1) is 12.5 Å². The highest BCUT2D eigenvalue weighted by atomic mass is 16.5. The number of hydrogen-bond acceptors (Lipinski definition) is 4. The molecule has 5 heteroatoms. The van der Waals surface area contributed by atoms with Gasteiger partial charge in [-0.25, -0.2) is 0 Å². The summed E-state index contributed by atoms with van der Waals surface area (Å²) in [6, 6.07) is 1.74. The maximum atomic E-state index is 12.8. The summed E-state index contributed by atoms with van der Waals surface area (Å²) < 4.78 is 5.02. The lowest BCUT2D eigenvalue weighted by atomic mass is 9.48. The van der Waals surface area contributed by atoms with Gasteiger partial charge in [0.15, 0.2) is 0 Å². The normalized spacial score (nSPS) is 28.7. The molecule has 5 nitrogen and oxygen atoms in total. The first-order valence-corrected chi connectivity index (χ1v) is 7.60. The molecule has 2 atom stereocenters. The number of aryl methyl sites for hydroxylation is 1. The van der Waals surface area contributed by atoms with E-state index in [0.717, 1.165) is 12.0 Å².